The van der Waals surface area contributed by atoms with E-state index in [2.05, 4.69) is 12.2 Å². The number of carbonyl (C=O) groups excluding carboxylic acids is 1. The Morgan fingerprint density at radius 2 is 1.82 bits per heavy atom. The predicted molar refractivity (Wildman–Crippen MR) is 85.7 cm³/mol. The molecule has 5 nitrogen and oxygen atoms in total. The van der Waals surface area contributed by atoms with Crippen molar-refractivity contribution in [3.05, 3.63) is 0 Å². The highest BCUT2D eigenvalue weighted by atomic mass is 32.2. The third-order valence-electron chi connectivity index (χ3n) is 6.10. The Balaban J connectivity index is 1.48. The molecule has 2 bridgehead atoms. The number of sulfonamides is 1. The fourth-order valence-corrected chi connectivity index (χ4v) is 5.68. The van der Waals surface area contributed by atoms with Crippen LogP contribution in [0.15, 0.2) is 0 Å². The van der Waals surface area contributed by atoms with Crippen molar-refractivity contribution < 1.29 is 13.2 Å². The Morgan fingerprint density at radius 1 is 1.14 bits per heavy atom. The van der Waals surface area contributed by atoms with Gasteiger partial charge in [0.2, 0.25) is 15.9 Å². The van der Waals surface area contributed by atoms with Crippen LogP contribution in [0, 0.1) is 23.7 Å². The van der Waals surface area contributed by atoms with Crippen molar-refractivity contribution in [3.8, 4) is 0 Å². The molecule has 1 aliphatic heterocycles. The molecule has 0 aromatic carbocycles. The summed E-state index contributed by atoms with van der Waals surface area (Å²) in [6.45, 7) is 3.09. The Morgan fingerprint density at radius 3 is 2.32 bits per heavy atom. The predicted octanol–water partition coefficient (Wildman–Crippen LogP) is 1.60. The molecule has 2 saturated carbocycles. The van der Waals surface area contributed by atoms with E-state index in [1.807, 2.05) is 0 Å². The zero-order chi connectivity index (χ0) is 15.9. The number of hydrogen-bond donors (Lipinski definition) is 1. The maximum atomic E-state index is 12.4. The van der Waals surface area contributed by atoms with Crippen molar-refractivity contribution in [2.75, 3.05) is 19.3 Å². The molecular formula is C16H28N2O3S. The molecule has 6 heteroatoms. The van der Waals surface area contributed by atoms with Crippen LogP contribution in [-0.2, 0) is 14.8 Å². The van der Waals surface area contributed by atoms with E-state index in [1.54, 1.807) is 0 Å². The second kappa shape index (κ2) is 6.11. The van der Waals surface area contributed by atoms with Gasteiger partial charge in [-0.2, -0.15) is 0 Å². The van der Waals surface area contributed by atoms with Crippen molar-refractivity contribution in [1.82, 2.24) is 9.62 Å². The average Bonchev–Trinajstić information content (AvgIpc) is 3.09. The Bertz CT molecular complexity index is 526. The van der Waals surface area contributed by atoms with E-state index >= 15 is 0 Å². The van der Waals surface area contributed by atoms with Crippen molar-refractivity contribution in [3.63, 3.8) is 0 Å². The molecule has 0 radical (unpaired) electrons. The molecule has 0 unspecified atom stereocenters. The SMILES string of the molecule is C[C@H](NC(=O)C1CCN(S(C)(=O)=O)CC1)[C@@H]1C[C@H]2CC[C@H]1C2. The molecule has 22 heavy (non-hydrogen) atoms. The highest BCUT2D eigenvalue weighted by Gasteiger charge is 2.42. The van der Waals surface area contributed by atoms with Crippen LogP contribution in [0.2, 0.25) is 0 Å². The van der Waals surface area contributed by atoms with E-state index in [9.17, 15) is 13.2 Å². The van der Waals surface area contributed by atoms with E-state index in [0.717, 1.165) is 11.8 Å². The lowest BCUT2D eigenvalue weighted by Gasteiger charge is -2.32. The monoisotopic (exact) mass is 328 g/mol. The van der Waals surface area contributed by atoms with Gasteiger partial charge in [-0.15, -0.1) is 0 Å². The molecule has 0 aromatic heterocycles. The van der Waals surface area contributed by atoms with Gasteiger partial charge in [0.15, 0.2) is 0 Å². The number of piperidine rings is 1. The number of nitrogens with zero attached hydrogens (tertiary/aromatic N) is 1. The third kappa shape index (κ3) is 3.32. The number of nitrogens with one attached hydrogen (secondary N) is 1. The van der Waals surface area contributed by atoms with Crippen LogP contribution < -0.4 is 5.32 Å². The van der Waals surface area contributed by atoms with Crippen LogP contribution in [0.25, 0.3) is 0 Å². The van der Waals surface area contributed by atoms with Crippen molar-refractivity contribution in [1.29, 1.82) is 0 Å². The Kier molecular flexibility index (Phi) is 4.52. The summed E-state index contributed by atoms with van der Waals surface area (Å²) in [5.74, 6) is 2.46. The molecule has 0 aromatic rings. The number of fused-ring (bicyclic) bond motifs is 2. The van der Waals surface area contributed by atoms with Crippen molar-refractivity contribution in [2.45, 2.75) is 51.5 Å². The standard InChI is InChI=1S/C16H28N2O3S/c1-11(15-10-12-3-4-14(15)9-12)17-16(19)13-5-7-18(8-6-13)22(2,20)21/h11-15H,3-10H2,1-2H3,(H,17,19)/t11-,12-,14-,15-/m0/s1. The first kappa shape index (κ1) is 16.2. The van der Waals surface area contributed by atoms with E-state index in [-0.39, 0.29) is 17.9 Å². The molecule has 3 rings (SSSR count). The van der Waals surface area contributed by atoms with Crippen LogP contribution >= 0.6 is 0 Å². The highest BCUT2D eigenvalue weighted by Crippen LogP contribution is 2.49. The summed E-state index contributed by atoms with van der Waals surface area (Å²) in [6.07, 6.45) is 7.87. The topological polar surface area (TPSA) is 66.5 Å². The lowest BCUT2D eigenvalue weighted by atomic mass is 9.83. The third-order valence-corrected chi connectivity index (χ3v) is 7.40. The van der Waals surface area contributed by atoms with Gasteiger partial charge in [0.25, 0.3) is 0 Å². The maximum absolute atomic E-state index is 12.4. The molecule has 3 fully saturated rings. The molecule has 1 N–H and O–H groups in total. The summed E-state index contributed by atoms with van der Waals surface area (Å²) in [6, 6.07) is 0.260. The molecule has 1 heterocycles. The number of hydrogen-bond acceptors (Lipinski definition) is 3. The van der Waals surface area contributed by atoms with Gasteiger partial charge < -0.3 is 5.32 Å². The van der Waals surface area contributed by atoms with Crippen LogP contribution in [0.3, 0.4) is 0 Å². The lowest BCUT2D eigenvalue weighted by Crippen LogP contribution is -2.46. The van der Waals surface area contributed by atoms with E-state index in [4.69, 9.17) is 0 Å². The molecule has 2 aliphatic carbocycles. The average molecular weight is 328 g/mol. The van der Waals surface area contributed by atoms with Gasteiger partial charge in [-0.05, 0) is 56.8 Å². The molecule has 3 aliphatic rings. The van der Waals surface area contributed by atoms with Crippen molar-refractivity contribution >= 4 is 15.9 Å². The summed E-state index contributed by atoms with van der Waals surface area (Å²) >= 11 is 0. The number of rotatable bonds is 4. The van der Waals surface area contributed by atoms with Crippen LogP contribution in [0.5, 0.6) is 0 Å². The van der Waals surface area contributed by atoms with Crippen molar-refractivity contribution in [2.24, 2.45) is 23.7 Å². The minimum absolute atomic E-state index is 0.0287. The second-order valence-electron chi connectivity index (χ2n) is 7.57. The van der Waals surface area contributed by atoms with Gasteiger partial charge in [0.05, 0.1) is 6.26 Å². The fraction of sp³-hybridized carbons (Fsp3) is 0.938. The van der Waals surface area contributed by atoms with Gasteiger partial charge in [0.1, 0.15) is 0 Å². The van der Waals surface area contributed by atoms with Gasteiger partial charge in [-0.1, -0.05) is 6.42 Å². The van der Waals surface area contributed by atoms with Crippen LogP contribution in [0.1, 0.15) is 45.4 Å². The number of carbonyl (C=O) groups is 1. The molecule has 0 spiro atoms. The maximum Gasteiger partial charge on any atom is 0.223 e. The van der Waals surface area contributed by atoms with Gasteiger partial charge >= 0.3 is 0 Å². The normalized spacial score (nSPS) is 34.7. The number of amides is 1. The zero-order valence-electron chi connectivity index (χ0n) is 13.6. The zero-order valence-corrected chi connectivity index (χ0v) is 14.4. The molecule has 1 amide bonds. The van der Waals surface area contributed by atoms with E-state index in [0.29, 0.717) is 31.8 Å². The van der Waals surface area contributed by atoms with Crippen LogP contribution in [-0.4, -0.2) is 44.0 Å². The van der Waals surface area contributed by atoms with Gasteiger partial charge in [-0.25, -0.2) is 12.7 Å². The Hall–Kier alpha value is -0.620. The molecule has 1 saturated heterocycles. The first-order chi connectivity index (χ1) is 10.3. The summed E-state index contributed by atoms with van der Waals surface area (Å²) in [5, 5.41) is 3.22. The van der Waals surface area contributed by atoms with Gasteiger partial charge in [-0.3, -0.25) is 4.79 Å². The van der Waals surface area contributed by atoms with Crippen LogP contribution in [0.4, 0.5) is 0 Å². The first-order valence-electron chi connectivity index (χ1n) is 8.60. The molecule has 4 atom stereocenters. The highest BCUT2D eigenvalue weighted by molar-refractivity contribution is 7.88. The Labute approximate surface area is 133 Å². The lowest BCUT2D eigenvalue weighted by molar-refractivity contribution is -0.127. The second-order valence-corrected chi connectivity index (χ2v) is 9.55. The smallest absolute Gasteiger partial charge is 0.223 e. The summed E-state index contributed by atoms with van der Waals surface area (Å²) in [4.78, 5) is 12.4. The van der Waals surface area contributed by atoms with Gasteiger partial charge in [0, 0.05) is 25.0 Å². The summed E-state index contributed by atoms with van der Waals surface area (Å²) < 4.78 is 24.5. The minimum atomic E-state index is -3.12. The molecular weight excluding hydrogens is 300 g/mol. The quantitative estimate of drug-likeness (QED) is 0.852. The summed E-state index contributed by atoms with van der Waals surface area (Å²) in [7, 11) is -3.12. The minimum Gasteiger partial charge on any atom is -0.353 e. The largest absolute Gasteiger partial charge is 0.353 e. The fourth-order valence-electron chi connectivity index (χ4n) is 4.81. The van der Waals surface area contributed by atoms with E-state index in [1.165, 1.54) is 36.2 Å². The van der Waals surface area contributed by atoms with E-state index < -0.39 is 10.0 Å². The molecule has 126 valence electrons. The summed E-state index contributed by atoms with van der Waals surface area (Å²) in [5.41, 5.74) is 0. The first-order valence-corrected chi connectivity index (χ1v) is 10.4.